The second-order valence-electron chi connectivity index (χ2n) is 12.4. The van der Waals surface area contributed by atoms with Gasteiger partial charge in [0.2, 0.25) is 0 Å². The fourth-order valence-electron chi connectivity index (χ4n) is 6.88. The first-order valence-corrected chi connectivity index (χ1v) is 16.6. The van der Waals surface area contributed by atoms with Crippen molar-refractivity contribution in [2.75, 3.05) is 0 Å². The van der Waals surface area contributed by atoms with Gasteiger partial charge in [0.1, 0.15) is 22.3 Å². The lowest BCUT2D eigenvalue weighted by atomic mass is 9.99. The number of para-hydroxylation sites is 1. The number of hydrogen-bond donors (Lipinski definition) is 0. The molecule has 234 valence electrons. The highest BCUT2D eigenvalue weighted by Gasteiger charge is 2.19. The highest BCUT2D eigenvalue weighted by molar-refractivity contribution is 6.13. The molecule has 0 saturated heterocycles. The van der Waals surface area contributed by atoms with E-state index in [-0.39, 0.29) is 0 Å². The van der Waals surface area contributed by atoms with Gasteiger partial charge in [0.15, 0.2) is 17.5 Å². The van der Waals surface area contributed by atoms with Crippen molar-refractivity contribution in [1.29, 1.82) is 0 Å². The predicted octanol–water partition coefficient (Wildman–Crippen LogP) is 12.0. The number of rotatable bonds is 5. The number of furan rings is 2. The Morgan fingerprint density at radius 2 is 0.820 bits per heavy atom. The van der Waals surface area contributed by atoms with Crippen LogP contribution in [0.4, 0.5) is 0 Å². The number of nitrogens with zero attached hydrogens (tertiary/aromatic N) is 3. The molecule has 10 aromatic rings. The van der Waals surface area contributed by atoms with E-state index in [0.717, 1.165) is 82.8 Å². The molecule has 0 fully saturated rings. The predicted molar refractivity (Wildman–Crippen MR) is 202 cm³/mol. The molecule has 0 aliphatic heterocycles. The van der Waals surface area contributed by atoms with Crippen molar-refractivity contribution in [3.63, 3.8) is 0 Å². The summed E-state index contributed by atoms with van der Waals surface area (Å²) in [4.78, 5) is 15.1. The Morgan fingerprint density at radius 1 is 0.300 bits per heavy atom. The van der Waals surface area contributed by atoms with Crippen molar-refractivity contribution >= 4 is 43.9 Å². The zero-order chi connectivity index (χ0) is 33.0. The van der Waals surface area contributed by atoms with E-state index in [0.29, 0.717) is 17.5 Å². The molecule has 0 unspecified atom stereocenters. The summed E-state index contributed by atoms with van der Waals surface area (Å²) in [6, 6.07) is 55.8. The third-order valence-electron chi connectivity index (χ3n) is 9.37. The molecule has 50 heavy (non-hydrogen) atoms. The van der Waals surface area contributed by atoms with Crippen LogP contribution in [0.2, 0.25) is 0 Å². The number of hydrogen-bond acceptors (Lipinski definition) is 5. The maximum Gasteiger partial charge on any atom is 0.164 e. The van der Waals surface area contributed by atoms with E-state index in [4.69, 9.17) is 23.8 Å². The molecule has 0 bridgehead atoms. The molecule has 0 N–H and O–H groups in total. The van der Waals surface area contributed by atoms with Crippen LogP contribution in [0.25, 0.3) is 100 Å². The summed E-state index contributed by atoms with van der Waals surface area (Å²) in [6.07, 6.45) is 0. The van der Waals surface area contributed by atoms with Gasteiger partial charge in [-0.1, -0.05) is 127 Å². The summed E-state index contributed by atoms with van der Waals surface area (Å²) in [5, 5.41) is 4.18. The SMILES string of the molecule is c1ccc(-c2ccc(-c3nc(-c4ccccc4)nc(-c4cccc5oc6ccc(-c7ccc8c(c7)oc7ccccc78)cc6c45)n3)cc2)cc1. The van der Waals surface area contributed by atoms with Gasteiger partial charge in [-0.15, -0.1) is 0 Å². The lowest BCUT2D eigenvalue weighted by Gasteiger charge is -2.10. The van der Waals surface area contributed by atoms with Gasteiger partial charge in [0.25, 0.3) is 0 Å². The van der Waals surface area contributed by atoms with Gasteiger partial charge in [0.05, 0.1) is 0 Å². The molecular formula is C45H27N3O2. The molecule has 0 aliphatic rings. The molecule has 0 aliphatic carbocycles. The largest absolute Gasteiger partial charge is 0.456 e. The van der Waals surface area contributed by atoms with Crippen molar-refractivity contribution in [3.8, 4) is 56.4 Å². The lowest BCUT2D eigenvalue weighted by molar-refractivity contribution is 0.669. The monoisotopic (exact) mass is 641 g/mol. The Bertz CT molecular complexity index is 2850. The molecule has 5 nitrogen and oxygen atoms in total. The lowest BCUT2D eigenvalue weighted by Crippen LogP contribution is -2.00. The van der Waals surface area contributed by atoms with E-state index >= 15 is 0 Å². The number of benzene rings is 7. The van der Waals surface area contributed by atoms with Gasteiger partial charge in [0, 0.05) is 38.2 Å². The summed E-state index contributed by atoms with van der Waals surface area (Å²) >= 11 is 0. The van der Waals surface area contributed by atoms with Gasteiger partial charge in [-0.3, -0.25) is 0 Å². The normalized spacial score (nSPS) is 11.6. The van der Waals surface area contributed by atoms with Crippen molar-refractivity contribution < 1.29 is 8.83 Å². The fourth-order valence-corrected chi connectivity index (χ4v) is 6.88. The zero-order valence-corrected chi connectivity index (χ0v) is 26.7. The average Bonchev–Trinajstić information content (AvgIpc) is 3.76. The molecule has 0 saturated carbocycles. The van der Waals surface area contributed by atoms with Gasteiger partial charge in [-0.25, -0.2) is 15.0 Å². The van der Waals surface area contributed by atoms with E-state index < -0.39 is 0 Å². The van der Waals surface area contributed by atoms with Crippen molar-refractivity contribution in [3.05, 3.63) is 164 Å². The van der Waals surface area contributed by atoms with Gasteiger partial charge >= 0.3 is 0 Å². The molecule has 7 aromatic carbocycles. The minimum atomic E-state index is 0.586. The van der Waals surface area contributed by atoms with Crippen molar-refractivity contribution in [2.24, 2.45) is 0 Å². The third kappa shape index (κ3) is 4.75. The molecule has 0 atom stereocenters. The van der Waals surface area contributed by atoms with E-state index in [1.807, 2.05) is 72.8 Å². The van der Waals surface area contributed by atoms with E-state index in [1.165, 1.54) is 0 Å². The van der Waals surface area contributed by atoms with Crippen molar-refractivity contribution in [2.45, 2.75) is 0 Å². The molecule has 3 aromatic heterocycles. The maximum atomic E-state index is 6.41. The molecule has 0 amide bonds. The highest BCUT2D eigenvalue weighted by Crippen LogP contribution is 2.39. The summed E-state index contributed by atoms with van der Waals surface area (Å²) in [5.74, 6) is 1.81. The second-order valence-corrected chi connectivity index (χ2v) is 12.4. The summed E-state index contributed by atoms with van der Waals surface area (Å²) in [6.45, 7) is 0. The molecule has 5 heteroatoms. The quantitative estimate of drug-likeness (QED) is 0.187. The fraction of sp³-hybridized carbons (Fsp3) is 0. The van der Waals surface area contributed by atoms with E-state index in [1.54, 1.807) is 0 Å². The highest BCUT2D eigenvalue weighted by atomic mass is 16.3. The first-order chi connectivity index (χ1) is 24.7. The number of fused-ring (bicyclic) bond motifs is 6. The van der Waals surface area contributed by atoms with Crippen molar-refractivity contribution in [1.82, 2.24) is 15.0 Å². The molecule has 0 radical (unpaired) electrons. The second kappa shape index (κ2) is 11.4. The van der Waals surface area contributed by atoms with Gasteiger partial charge < -0.3 is 8.83 Å². The van der Waals surface area contributed by atoms with Crippen LogP contribution in [0.1, 0.15) is 0 Å². The molecular weight excluding hydrogens is 615 g/mol. The van der Waals surface area contributed by atoms with E-state index in [9.17, 15) is 0 Å². The maximum absolute atomic E-state index is 6.41. The smallest absolute Gasteiger partial charge is 0.164 e. The minimum absolute atomic E-state index is 0.586. The molecule has 3 heterocycles. The average molecular weight is 642 g/mol. The number of aromatic nitrogens is 3. The third-order valence-corrected chi connectivity index (χ3v) is 9.37. The Hall–Kier alpha value is -6.85. The molecule has 0 spiro atoms. The summed E-state index contributed by atoms with van der Waals surface area (Å²) in [7, 11) is 0. The van der Waals surface area contributed by atoms with Gasteiger partial charge in [-0.05, 0) is 58.7 Å². The van der Waals surface area contributed by atoms with Crippen LogP contribution in [0.5, 0.6) is 0 Å². The standard InChI is InChI=1S/C45H27N3O2/c1-3-10-28(11-4-1)29-18-20-31(21-19-29)44-46-43(30-12-5-2-6-13-30)47-45(48-44)36-15-9-17-40-42(36)37-26-32(23-25-39(37)49-40)33-22-24-35-34-14-7-8-16-38(34)50-41(35)27-33/h1-27H. The summed E-state index contributed by atoms with van der Waals surface area (Å²) < 4.78 is 12.6. The first-order valence-electron chi connectivity index (χ1n) is 16.6. The zero-order valence-electron chi connectivity index (χ0n) is 26.7. The Morgan fingerprint density at radius 3 is 1.62 bits per heavy atom. The van der Waals surface area contributed by atoms with E-state index in [2.05, 4.69) is 91.0 Å². The Labute approximate surface area is 287 Å². The van der Waals surface area contributed by atoms with Crippen LogP contribution >= 0.6 is 0 Å². The van der Waals surface area contributed by atoms with Crippen LogP contribution in [0.3, 0.4) is 0 Å². The Kier molecular flexibility index (Phi) is 6.42. The topological polar surface area (TPSA) is 65.0 Å². The minimum Gasteiger partial charge on any atom is -0.456 e. The van der Waals surface area contributed by atoms with Crippen LogP contribution in [0.15, 0.2) is 173 Å². The van der Waals surface area contributed by atoms with Crippen LogP contribution < -0.4 is 0 Å². The first kappa shape index (κ1) is 28.2. The van der Waals surface area contributed by atoms with Gasteiger partial charge in [-0.2, -0.15) is 0 Å². The van der Waals surface area contributed by atoms with Crippen LogP contribution in [0, 0.1) is 0 Å². The molecule has 10 rings (SSSR count). The Balaban J connectivity index is 1.13. The van der Waals surface area contributed by atoms with Crippen LogP contribution in [-0.4, -0.2) is 15.0 Å². The summed E-state index contributed by atoms with van der Waals surface area (Å²) in [5.41, 5.74) is 10.5. The van der Waals surface area contributed by atoms with Crippen LogP contribution in [-0.2, 0) is 0 Å².